The molecule has 4 nitrogen and oxygen atoms in total. The molecule has 4 heteroatoms. The molecule has 1 atom stereocenters. The number of carbonyl (C=O) groups excluding carboxylic acids is 2. The van der Waals surface area contributed by atoms with Gasteiger partial charge in [0.25, 0.3) is 0 Å². The van der Waals surface area contributed by atoms with Crippen LogP contribution >= 0.6 is 0 Å². The normalized spacial score (nSPS) is 12.2. The Hall–Kier alpha value is -1.06. The molecule has 0 aromatic carbocycles. The summed E-state index contributed by atoms with van der Waals surface area (Å²) in [6.45, 7) is 2.23. The predicted molar refractivity (Wildman–Crippen MR) is 96.8 cm³/mol. The van der Waals surface area contributed by atoms with Gasteiger partial charge in [-0.1, -0.05) is 77.6 Å². The maximum Gasteiger partial charge on any atom is 0.220 e. The summed E-state index contributed by atoms with van der Waals surface area (Å²) in [7, 11) is 0. The van der Waals surface area contributed by atoms with Crippen LogP contribution in [-0.2, 0) is 9.59 Å². The molecule has 0 saturated carbocycles. The van der Waals surface area contributed by atoms with Crippen LogP contribution in [-0.4, -0.2) is 11.8 Å². The quantitative estimate of drug-likeness (QED) is 0.387. The van der Waals surface area contributed by atoms with E-state index in [2.05, 4.69) is 6.92 Å². The molecule has 0 fully saturated rings. The lowest BCUT2D eigenvalue weighted by Crippen LogP contribution is -2.23. The molecule has 0 aromatic heterocycles. The molecule has 2 amide bonds. The first kappa shape index (κ1) is 21.9. The van der Waals surface area contributed by atoms with Gasteiger partial charge in [0.15, 0.2) is 0 Å². The van der Waals surface area contributed by atoms with Crippen LogP contribution < -0.4 is 11.5 Å². The number of amides is 2. The Kier molecular flexibility index (Phi) is 15.1. The molecule has 23 heavy (non-hydrogen) atoms. The van der Waals surface area contributed by atoms with Gasteiger partial charge in [0.1, 0.15) is 0 Å². The molecular formula is C19H38N2O2. The van der Waals surface area contributed by atoms with Crippen molar-refractivity contribution in [3.05, 3.63) is 0 Å². The average molecular weight is 327 g/mol. The summed E-state index contributed by atoms with van der Waals surface area (Å²) >= 11 is 0. The third kappa shape index (κ3) is 15.6. The number of unbranched alkanes of at least 4 members (excludes halogenated alkanes) is 10. The van der Waals surface area contributed by atoms with Crippen molar-refractivity contribution in [2.75, 3.05) is 0 Å². The number of nitrogens with two attached hydrogens (primary N) is 2. The zero-order chi connectivity index (χ0) is 17.3. The van der Waals surface area contributed by atoms with Gasteiger partial charge in [-0.25, -0.2) is 0 Å². The van der Waals surface area contributed by atoms with Crippen molar-refractivity contribution < 1.29 is 9.59 Å². The minimum absolute atomic E-state index is 0.0521. The fraction of sp³-hybridized carbons (Fsp3) is 0.895. The monoisotopic (exact) mass is 326 g/mol. The second-order valence-corrected chi connectivity index (χ2v) is 6.78. The molecule has 1 unspecified atom stereocenters. The highest BCUT2D eigenvalue weighted by atomic mass is 16.1. The third-order valence-corrected chi connectivity index (χ3v) is 4.53. The first-order valence-electron chi connectivity index (χ1n) is 9.65. The van der Waals surface area contributed by atoms with Crippen molar-refractivity contribution in [3.63, 3.8) is 0 Å². The van der Waals surface area contributed by atoms with Crippen LogP contribution in [0.3, 0.4) is 0 Å². The fourth-order valence-corrected chi connectivity index (χ4v) is 3.00. The highest BCUT2D eigenvalue weighted by Crippen LogP contribution is 2.19. The lowest BCUT2D eigenvalue weighted by Gasteiger charge is -2.13. The summed E-state index contributed by atoms with van der Waals surface area (Å²) in [6, 6.07) is 0. The molecule has 0 bridgehead atoms. The molecule has 0 aliphatic rings. The van der Waals surface area contributed by atoms with Crippen LogP contribution in [0.2, 0.25) is 0 Å². The van der Waals surface area contributed by atoms with Gasteiger partial charge in [-0.3, -0.25) is 9.59 Å². The van der Waals surface area contributed by atoms with Crippen molar-refractivity contribution in [3.8, 4) is 0 Å². The lowest BCUT2D eigenvalue weighted by molar-refractivity contribution is -0.122. The molecule has 136 valence electrons. The molecule has 0 spiro atoms. The Labute approximate surface area is 142 Å². The van der Waals surface area contributed by atoms with Gasteiger partial charge >= 0.3 is 0 Å². The van der Waals surface area contributed by atoms with Crippen LogP contribution in [0.5, 0.6) is 0 Å². The number of carbonyl (C=O) groups is 2. The maximum atomic E-state index is 11.5. The molecular weight excluding hydrogens is 288 g/mol. The number of rotatable bonds is 17. The summed E-state index contributed by atoms with van der Waals surface area (Å²) in [5.74, 6) is -0.297. The fourth-order valence-electron chi connectivity index (χ4n) is 3.00. The number of primary amides is 2. The molecule has 0 heterocycles. The van der Waals surface area contributed by atoms with E-state index in [-0.39, 0.29) is 17.7 Å². The van der Waals surface area contributed by atoms with Crippen LogP contribution in [0.25, 0.3) is 0 Å². The Morgan fingerprint density at radius 1 is 0.696 bits per heavy atom. The van der Waals surface area contributed by atoms with Crippen molar-refractivity contribution in [2.45, 2.75) is 103 Å². The molecule has 0 radical (unpaired) electrons. The second-order valence-electron chi connectivity index (χ2n) is 6.78. The summed E-state index contributed by atoms with van der Waals surface area (Å²) in [4.78, 5) is 22.1. The van der Waals surface area contributed by atoms with Crippen LogP contribution in [0, 0.1) is 5.92 Å². The van der Waals surface area contributed by atoms with Gasteiger partial charge < -0.3 is 11.5 Å². The van der Waals surface area contributed by atoms with Crippen molar-refractivity contribution in [1.82, 2.24) is 0 Å². The average Bonchev–Trinajstić information content (AvgIpc) is 2.50. The van der Waals surface area contributed by atoms with Gasteiger partial charge in [0.2, 0.25) is 11.8 Å². The van der Waals surface area contributed by atoms with E-state index in [0.717, 1.165) is 51.4 Å². The molecule has 0 aromatic rings. The van der Waals surface area contributed by atoms with E-state index in [4.69, 9.17) is 11.5 Å². The van der Waals surface area contributed by atoms with Gasteiger partial charge in [-0.2, -0.15) is 0 Å². The van der Waals surface area contributed by atoms with E-state index in [1.165, 1.54) is 38.5 Å². The largest absolute Gasteiger partial charge is 0.370 e. The molecule has 0 aliphatic carbocycles. The van der Waals surface area contributed by atoms with Crippen molar-refractivity contribution >= 4 is 11.8 Å². The van der Waals surface area contributed by atoms with Crippen LogP contribution in [0.1, 0.15) is 103 Å². The van der Waals surface area contributed by atoms with Gasteiger partial charge in [-0.15, -0.1) is 0 Å². The van der Waals surface area contributed by atoms with E-state index in [9.17, 15) is 9.59 Å². The molecule has 0 aliphatic heterocycles. The molecule has 4 N–H and O–H groups in total. The Morgan fingerprint density at radius 2 is 1.13 bits per heavy atom. The SMILES string of the molecule is CCCCCCCCCC(CCCCCCCC(N)=O)C(N)=O. The Bertz CT molecular complexity index is 306. The van der Waals surface area contributed by atoms with E-state index in [1.54, 1.807) is 0 Å². The summed E-state index contributed by atoms with van der Waals surface area (Å²) in [5, 5.41) is 0. The van der Waals surface area contributed by atoms with E-state index in [0.29, 0.717) is 6.42 Å². The Balaban J connectivity index is 3.55. The van der Waals surface area contributed by atoms with Gasteiger partial charge in [0, 0.05) is 12.3 Å². The topological polar surface area (TPSA) is 86.2 Å². The Morgan fingerprint density at radius 3 is 1.57 bits per heavy atom. The summed E-state index contributed by atoms with van der Waals surface area (Å²) < 4.78 is 0. The maximum absolute atomic E-state index is 11.5. The van der Waals surface area contributed by atoms with E-state index < -0.39 is 0 Å². The van der Waals surface area contributed by atoms with Crippen LogP contribution in [0.15, 0.2) is 0 Å². The summed E-state index contributed by atoms with van der Waals surface area (Å²) in [6.07, 6.45) is 16.5. The number of hydrogen-bond acceptors (Lipinski definition) is 2. The minimum atomic E-state index is -0.214. The molecule has 0 rings (SSSR count). The highest BCUT2D eigenvalue weighted by Gasteiger charge is 2.14. The summed E-state index contributed by atoms with van der Waals surface area (Å²) in [5.41, 5.74) is 10.6. The van der Waals surface area contributed by atoms with Gasteiger partial charge in [0.05, 0.1) is 0 Å². The zero-order valence-corrected chi connectivity index (χ0v) is 15.2. The minimum Gasteiger partial charge on any atom is -0.370 e. The number of hydrogen-bond donors (Lipinski definition) is 2. The highest BCUT2D eigenvalue weighted by molar-refractivity contribution is 5.76. The molecule has 0 saturated heterocycles. The first-order valence-corrected chi connectivity index (χ1v) is 9.65. The second kappa shape index (κ2) is 15.8. The first-order chi connectivity index (χ1) is 11.1. The smallest absolute Gasteiger partial charge is 0.220 e. The van der Waals surface area contributed by atoms with Crippen molar-refractivity contribution in [1.29, 1.82) is 0 Å². The zero-order valence-electron chi connectivity index (χ0n) is 15.2. The van der Waals surface area contributed by atoms with Gasteiger partial charge in [-0.05, 0) is 19.3 Å². The lowest BCUT2D eigenvalue weighted by atomic mass is 9.93. The predicted octanol–water partition coefficient (Wildman–Crippen LogP) is 4.44. The van der Waals surface area contributed by atoms with E-state index >= 15 is 0 Å². The van der Waals surface area contributed by atoms with E-state index in [1.807, 2.05) is 0 Å². The third-order valence-electron chi connectivity index (χ3n) is 4.53. The van der Waals surface area contributed by atoms with Crippen LogP contribution in [0.4, 0.5) is 0 Å². The van der Waals surface area contributed by atoms with Crippen molar-refractivity contribution in [2.24, 2.45) is 17.4 Å². The standard InChI is InChI=1S/C19H38N2O2/c1-2-3-4-5-6-8-11-14-17(19(21)23)15-12-9-7-10-13-16-18(20)22/h17H,2-16H2,1H3,(H2,20,22)(H2,21,23).